The van der Waals surface area contributed by atoms with Crippen molar-refractivity contribution in [1.29, 1.82) is 0 Å². The lowest BCUT2D eigenvalue weighted by Gasteiger charge is -2.27. The highest BCUT2D eigenvalue weighted by atomic mass is 16.5. The summed E-state index contributed by atoms with van der Waals surface area (Å²) < 4.78 is 12.2. The molecule has 3 aromatic rings. The second kappa shape index (κ2) is 8.98. The highest BCUT2D eigenvalue weighted by molar-refractivity contribution is 5.87. The van der Waals surface area contributed by atoms with Gasteiger partial charge in [0.25, 0.3) is 0 Å². The van der Waals surface area contributed by atoms with Crippen LogP contribution in [0, 0.1) is 0 Å². The molecule has 1 aromatic carbocycles. The van der Waals surface area contributed by atoms with E-state index in [0.717, 1.165) is 42.7 Å². The van der Waals surface area contributed by atoms with Crippen LogP contribution in [0.15, 0.2) is 30.7 Å². The lowest BCUT2D eigenvalue weighted by Crippen LogP contribution is -2.30. The molecule has 0 spiro atoms. The minimum atomic E-state index is -0.164. The molecule has 0 radical (unpaired) electrons. The minimum Gasteiger partial charge on any atom is -0.497 e. The van der Waals surface area contributed by atoms with Crippen LogP contribution in [0.1, 0.15) is 24.8 Å². The summed E-state index contributed by atoms with van der Waals surface area (Å²) in [5, 5.41) is 8.18. The molecule has 1 aliphatic heterocycles. The fourth-order valence-electron chi connectivity index (χ4n) is 3.76. The molecule has 1 N–H and O–H groups in total. The summed E-state index contributed by atoms with van der Waals surface area (Å²) in [6.07, 6.45) is 6.87. The van der Waals surface area contributed by atoms with E-state index in [4.69, 9.17) is 9.47 Å². The predicted octanol–water partition coefficient (Wildman–Crippen LogP) is 2.15. The number of hydrogen-bond donors (Lipinski definition) is 1. The van der Waals surface area contributed by atoms with Gasteiger partial charge in [-0.3, -0.25) is 4.79 Å². The number of ether oxygens (including phenoxy) is 2. The zero-order chi connectivity index (χ0) is 20.9. The molecule has 9 heteroatoms. The number of aromatic nitrogens is 4. The summed E-state index contributed by atoms with van der Waals surface area (Å²) in [7, 11) is 3.20. The fourth-order valence-corrected chi connectivity index (χ4v) is 3.76. The van der Waals surface area contributed by atoms with E-state index in [1.54, 1.807) is 31.4 Å². The molecule has 30 heavy (non-hydrogen) atoms. The Labute approximate surface area is 175 Å². The molecule has 1 amide bonds. The van der Waals surface area contributed by atoms with Crippen LogP contribution in [0.3, 0.4) is 0 Å². The Hall–Kier alpha value is -3.36. The number of benzene rings is 1. The van der Waals surface area contributed by atoms with Gasteiger partial charge in [0, 0.05) is 25.2 Å². The van der Waals surface area contributed by atoms with Crippen molar-refractivity contribution in [3.8, 4) is 11.5 Å². The first-order valence-electron chi connectivity index (χ1n) is 10.1. The molecule has 0 atom stereocenters. The molecule has 3 heterocycles. The molecule has 2 aromatic heterocycles. The maximum absolute atomic E-state index is 12.6. The van der Waals surface area contributed by atoms with E-state index in [1.165, 1.54) is 6.42 Å². The van der Waals surface area contributed by atoms with Crippen LogP contribution in [0.2, 0.25) is 0 Å². The van der Waals surface area contributed by atoms with Gasteiger partial charge >= 0.3 is 0 Å². The molecule has 0 bridgehead atoms. The lowest BCUT2D eigenvalue weighted by atomic mass is 10.1. The van der Waals surface area contributed by atoms with Crippen LogP contribution >= 0.6 is 0 Å². The van der Waals surface area contributed by atoms with Gasteiger partial charge in [-0.15, -0.1) is 0 Å². The van der Waals surface area contributed by atoms with Gasteiger partial charge in [-0.25, -0.2) is 14.6 Å². The molecule has 1 aliphatic rings. The first kappa shape index (κ1) is 19.9. The van der Waals surface area contributed by atoms with Crippen molar-refractivity contribution in [2.45, 2.75) is 32.4 Å². The number of piperidine rings is 1. The number of hydrogen-bond acceptors (Lipinski definition) is 7. The number of anilines is 1. The number of methoxy groups -OCH3 is 2. The average molecular weight is 410 g/mol. The van der Waals surface area contributed by atoms with Gasteiger partial charge in [-0.1, -0.05) is 0 Å². The van der Waals surface area contributed by atoms with Crippen LogP contribution in [0.4, 0.5) is 5.82 Å². The van der Waals surface area contributed by atoms with E-state index >= 15 is 0 Å². The van der Waals surface area contributed by atoms with E-state index in [1.807, 2.05) is 18.2 Å². The van der Waals surface area contributed by atoms with Crippen LogP contribution < -0.4 is 19.7 Å². The third-order valence-corrected chi connectivity index (χ3v) is 5.33. The first-order valence-corrected chi connectivity index (χ1v) is 10.1. The third kappa shape index (κ3) is 4.14. The summed E-state index contributed by atoms with van der Waals surface area (Å²) in [5.41, 5.74) is 1.50. The zero-order valence-corrected chi connectivity index (χ0v) is 17.3. The molecule has 158 valence electrons. The molecule has 4 rings (SSSR count). The summed E-state index contributed by atoms with van der Waals surface area (Å²) in [5.74, 6) is 2.13. The quantitative estimate of drug-likeness (QED) is 0.638. The van der Waals surface area contributed by atoms with E-state index in [0.29, 0.717) is 23.7 Å². The van der Waals surface area contributed by atoms with Gasteiger partial charge < -0.3 is 19.7 Å². The van der Waals surface area contributed by atoms with Crippen molar-refractivity contribution in [2.24, 2.45) is 0 Å². The van der Waals surface area contributed by atoms with Crippen molar-refractivity contribution in [3.63, 3.8) is 0 Å². The maximum atomic E-state index is 12.6. The topological polar surface area (TPSA) is 94.4 Å². The van der Waals surface area contributed by atoms with Gasteiger partial charge in [0.2, 0.25) is 5.91 Å². The number of nitrogens with one attached hydrogen (secondary N) is 1. The Morgan fingerprint density at radius 2 is 1.97 bits per heavy atom. The van der Waals surface area contributed by atoms with Crippen molar-refractivity contribution in [2.75, 3.05) is 32.2 Å². The largest absolute Gasteiger partial charge is 0.497 e. The maximum Gasteiger partial charge on any atom is 0.242 e. The van der Waals surface area contributed by atoms with E-state index < -0.39 is 0 Å². The number of nitrogens with zero attached hydrogens (tertiary/aromatic N) is 5. The monoisotopic (exact) mass is 410 g/mol. The van der Waals surface area contributed by atoms with Gasteiger partial charge in [-0.2, -0.15) is 5.10 Å². The average Bonchev–Trinajstić information content (AvgIpc) is 3.20. The van der Waals surface area contributed by atoms with E-state index in [2.05, 4.69) is 25.3 Å². The summed E-state index contributed by atoms with van der Waals surface area (Å²) in [6, 6.07) is 5.49. The van der Waals surface area contributed by atoms with E-state index in [-0.39, 0.29) is 12.5 Å². The third-order valence-electron chi connectivity index (χ3n) is 5.33. The van der Waals surface area contributed by atoms with Crippen LogP contribution in [0.25, 0.3) is 11.0 Å². The fraction of sp³-hybridized carbons (Fsp3) is 0.429. The smallest absolute Gasteiger partial charge is 0.242 e. The lowest BCUT2D eigenvalue weighted by molar-refractivity contribution is -0.121. The Bertz CT molecular complexity index is 1030. The predicted molar refractivity (Wildman–Crippen MR) is 113 cm³/mol. The summed E-state index contributed by atoms with van der Waals surface area (Å²) in [4.78, 5) is 23.7. The number of carbonyl (C=O) groups is 1. The van der Waals surface area contributed by atoms with Crippen molar-refractivity contribution in [3.05, 3.63) is 36.3 Å². The molecule has 9 nitrogen and oxygen atoms in total. The number of rotatable bonds is 7. The van der Waals surface area contributed by atoms with Gasteiger partial charge in [0.05, 0.1) is 25.8 Å². The van der Waals surface area contributed by atoms with Gasteiger partial charge in [-0.05, 0) is 37.5 Å². The van der Waals surface area contributed by atoms with Gasteiger partial charge in [0.1, 0.15) is 30.2 Å². The second-order valence-corrected chi connectivity index (χ2v) is 7.24. The highest BCUT2D eigenvalue weighted by Crippen LogP contribution is 2.26. The molecule has 1 saturated heterocycles. The second-order valence-electron chi connectivity index (χ2n) is 7.24. The van der Waals surface area contributed by atoms with Gasteiger partial charge in [0.15, 0.2) is 5.65 Å². The van der Waals surface area contributed by atoms with E-state index in [9.17, 15) is 4.79 Å². The Morgan fingerprint density at radius 3 is 2.73 bits per heavy atom. The molecule has 0 saturated carbocycles. The standard InChI is InChI=1S/C21H26N6O3/c1-29-16-6-7-18(30-2)15(10-16)11-22-19(28)13-27-21-17(12-25-27)20(23-14-24-21)26-8-4-3-5-9-26/h6-7,10,12,14H,3-5,8-9,11,13H2,1-2H3,(H,22,28). The van der Waals surface area contributed by atoms with Crippen LogP contribution in [0.5, 0.6) is 11.5 Å². The van der Waals surface area contributed by atoms with Crippen molar-refractivity contribution >= 4 is 22.8 Å². The molecular formula is C21H26N6O3. The molecule has 1 fully saturated rings. The van der Waals surface area contributed by atoms with Crippen LogP contribution in [-0.2, 0) is 17.9 Å². The normalized spacial score (nSPS) is 14.0. The summed E-state index contributed by atoms with van der Waals surface area (Å²) in [6.45, 7) is 2.37. The molecule has 0 aliphatic carbocycles. The minimum absolute atomic E-state index is 0.0756. The Morgan fingerprint density at radius 1 is 1.13 bits per heavy atom. The highest BCUT2D eigenvalue weighted by Gasteiger charge is 2.18. The zero-order valence-electron chi connectivity index (χ0n) is 17.3. The Balaban J connectivity index is 1.46. The number of amides is 1. The molecule has 0 unspecified atom stereocenters. The SMILES string of the molecule is COc1ccc(OC)c(CNC(=O)Cn2ncc3c(N4CCCCC4)ncnc32)c1. The molecular weight excluding hydrogens is 384 g/mol. The van der Waals surface area contributed by atoms with Crippen molar-refractivity contribution in [1.82, 2.24) is 25.1 Å². The first-order chi connectivity index (χ1) is 14.7. The number of fused-ring (bicyclic) bond motifs is 1. The number of carbonyl (C=O) groups excluding carboxylic acids is 1. The Kier molecular flexibility index (Phi) is 5.97. The van der Waals surface area contributed by atoms with Crippen molar-refractivity contribution < 1.29 is 14.3 Å². The summed E-state index contributed by atoms with van der Waals surface area (Å²) >= 11 is 0. The van der Waals surface area contributed by atoms with Crippen LogP contribution in [-0.4, -0.2) is 53.0 Å².